The van der Waals surface area contributed by atoms with Crippen LogP contribution in [0.4, 0.5) is 5.82 Å². The molecule has 10 heteroatoms. The first-order chi connectivity index (χ1) is 12.0. The molecule has 1 aliphatic heterocycles. The molecule has 2 unspecified atom stereocenters. The van der Waals surface area contributed by atoms with E-state index in [0.717, 1.165) is 12.5 Å². The number of halogens is 3. The zero-order valence-corrected chi connectivity index (χ0v) is 18.8. The number of esters is 1. The number of carbonyl (C=O) groups excluding carboxylic acids is 1. The minimum absolute atomic E-state index is 0. The molecule has 0 aromatic carbocycles. The van der Waals surface area contributed by atoms with Crippen molar-refractivity contribution in [3.8, 4) is 0 Å². The molecule has 1 aliphatic rings. The van der Waals surface area contributed by atoms with Crippen molar-refractivity contribution in [1.29, 1.82) is 0 Å². The van der Waals surface area contributed by atoms with Gasteiger partial charge in [-0.3, -0.25) is 9.79 Å². The Bertz CT molecular complexity index is 647. The second-order valence-electron chi connectivity index (χ2n) is 5.90. The fourth-order valence-corrected chi connectivity index (χ4v) is 3.28. The number of rotatable bonds is 5. The molecular formula is C16H24Cl2IN5O2. The first-order valence-electron chi connectivity index (χ1n) is 8.04. The van der Waals surface area contributed by atoms with Crippen LogP contribution >= 0.6 is 47.2 Å². The topological polar surface area (TPSA) is 78.9 Å². The molecule has 2 N–H and O–H groups in total. The molecule has 0 amide bonds. The molecule has 0 aliphatic carbocycles. The number of hydrogen-bond acceptors (Lipinski definition) is 5. The lowest BCUT2D eigenvalue weighted by molar-refractivity contribution is -0.145. The highest BCUT2D eigenvalue weighted by molar-refractivity contribution is 14.0. The van der Waals surface area contributed by atoms with Crippen LogP contribution in [0, 0.1) is 11.8 Å². The van der Waals surface area contributed by atoms with Crippen LogP contribution in [0.3, 0.4) is 0 Å². The van der Waals surface area contributed by atoms with Crippen LogP contribution in [0.5, 0.6) is 0 Å². The van der Waals surface area contributed by atoms with Gasteiger partial charge in [0.25, 0.3) is 0 Å². The summed E-state index contributed by atoms with van der Waals surface area (Å²) in [5.74, 6) is 1.27. The van der Waals surface area contributed by atoms with Crippen LogP contribution in [-0.4, -0.2) is 62.1 Å². The smallest absolute Gasteiger partial charge is 0.310 e. The first-order valence-corrected chi connectivity index (χ1v) is 8.80. The zero-order valence-electron chi connectivity index (χ0n) is 15.0. The number of aromatic nitrogens is 1. The Kier molecular flexibility index (Phi) is 9.73. The lowest BCUT2D eigenvalue weighted by atomic mass is 9.99. The van der Waals surface area contributed by atoms with E-state index in [0.29, 0.717) is 35.5 Å². The Labute approximate surface area is 180 Å². The highest BCUT2D eigenvalue weighted by Crippen LogP contribution is 2.24. The molecule has 0 saturated carbocycles. The summed E-state index contributed by atoms with van der Waals surface area (Å²) in [5.41, 5.74) is 0. The van der Waals surface area contributed by atoms with Crippen LogP contribution in [0.1, 0.15) is 6.92 Å². The van der Waals surface area contributed by atoms with Crippen molar-refractivity contribution in [3.05, 3.63) is 22.3 Å². The lowest BCUT2D eigenvalue weighted by Crippen LogP contribution is -2.42. The average molecular weight is 516 g/mol. The number of nitrogens with zero attached hydrogens (tertiary/aromatic N) is 3. The molecule has 0 spiro atoms. The second-order valence-corrected chi connectivity index (χ2v) is 6.74. The molecule has 2 atom stereocenters. The summed E-state index contributed by atoms with van der Waals surface area (Å²) in [6.45, 7) is 4.64. The Hall–Kier alpha value is -1.000. The van der Waals surface area contributed by atoms with Crippen molar-refractivity contribution in [2.75, 3.05) is 45.7 Å². The summed E-state index contributed by atoms with van der Waals surface area (Å²) in [6, 6.07) is 1.64. The van der Waals surface area contributed by atoms with Crippen LogP contribution < -0.4 is 10.6 Å². The number of guanidine groups is 1. The van der Waals surface area contributed by atoms with Gasteiger partial charge in [0, 0.05) is 39.4 Å². The largest absolute Gasteiger partial charge is 0.469 e. The van der Waals surface area contributed by atoms with Gasteiger partial charge in [0.1, 0.15) is 5.82 Å². The third-order valence-electron chi connectivity index (χ3n) is 4.14. The number of methoxy groups -OCH3 is 1. The molecule has 0 radical (unpaired) electrons. The molecule has 26 heavy (non-hydrogen) atoms. The summed E-state index contributed by atoms with van der Waals surface area (Å²) < 4.78 is 4.87. The minimum Gasteiger partial charge on any atom is -0.469 e. The highest BCUT2D eigenvalue weighted by Gasteiger charge is 2.36. The van der Waals surface area contributed by atoms with Gasteiger partial charge in [0.2, 0.25) is 0 Å². The number of pyridine rings is 1. The summed E-state index contributed by atoms with van der Waals surface area (Å²) >= 11 is 11.9. The number of hydrogen-bond donors (Lipinski definition) is 2. The van der Waals surface area contributed by atoms with Gasteiger partial charge in [-0.2, -0.15) is 0 Å². The van der Waals surface area contributed by atoms with E-state index in [9.17, 15) is 4.79 Å². The number of carbonyl (C=O) groups is 1. The molecule has 1 aromatic rings. The van der Waals surface area contributed by atoms with Crippen molar-refractivity contribution in [2.24, 2.45) is 16.8 Å². The minimum atomic E-state index is -0.171. The van der Waals surface area contributed by atoms with Gasteiger partial charge in [0.15, 0.2) is 5.96 Å². The third-order valence-corrected chi connectivity index (χ3v) is 4.63. The monoisotopic (exact) mass is 515 g/mol. The highest BCUT2D eigenvalue weighted by atomic mass is 127. The lowest BCUT2D eigenvalue weighted by Gasteiger charge is -2.21. The number of anilines is 1. The standard InChI is InChI=1S/C16H23Cl2N5O2.HI/c1-10-8-23(9-12(10)15(24)25-3)16(19-2)21-5-4-20-14-13(18)6-11(17)7-22-14;/h6-7,10,12H,4-5,8-9H2,1-3H3,(H,19,21)(H,20,22);1H. The van der Waals surface area contributed by atoms with E-state index >= 15 is 0 Å². The molecule has 1 saturated heterocycles. The predicted molar refractivity (Wildman–Crippen MR) is 116 cm³/mol. The molecule has 0 bridgehead atoms. The van der Waals surface area contributed by atoms with Gasteiger partial charge in [-0.25, -0.2) is 4.98 Å². The van der Waals surface area contributed by atoms with Gasteiger partial charge in [0.05, 0.1) is 23.1 Å². The maximum atomic E-state index is 11.8. The molecule has 7 nitrogen and oxygen atoms in total. The Morgan fingerprint density at radius 2 is 2.15 bits per heavy atom. The van der Waals surface area contributed by atoms with E-state index in [-0.39, 0.29) is 41.8 Å². The van der Waals surface area contributed by atoms with Crippen LogP contribution in [-0.2, 0) is 9.53 Å². The SMILES string of the molecule is CN=C(NCCNc1ncc(Cl)cc1Cl)N1CC(C)C(C(=O)OC)C1.I. The molecule has 1 fully saturated rings. The van der Waals surface area contributed by atoms with Crippen molar-refractivity contribution in [1.82, 2.24) is 15.2 Å². The van der Waals surface area contributed by atoms with Crippen molar-refractivity contribution in [3.63, 3.8) is 0 Å². The molecule has 2 rings (SSSR count). The van der Waals surface area contributed by atoms with Gasteiger partial charge in [-0.05, 0) is 12.0 Å². The van der Waals surface area contributed by atoms with Gasteiger partial charge in [-0.1, -0.05) is 30.1 Å². The van der Waals surface area contributed by atoms with E-state index in [4.69, 9.17) is 27.9 Å². The number of nitrogens with one attached hydrogen (secondary N) is 2. The first kappa shape index (κ1) is 23.0. The number of aliphatic imine (C=N–C) groups is 1. The maximum Gasteiger partial charge on any atom is 0.310 e. The molecule has 146 valence electrons. The van der Waals surface area contributed by atoms with Crippen molar-refractivity contribution < 1.29 is 9.53 Å². The van der Waals surface area contributed by atoms with E-state index in [2.05, 4.69) is 25.5 Å². The number of likely N-dealkylation sites (tertiary alicyclic amines) is 1. The van der Waals surface area contributed by atoms with Crippen molar-refractivity contribution in [2.45, 2.75) is 6.92 Å². The molecule has 1 aromatic heterocycles. The van der Waals surface area contributed by atoms with E-state index in [1.165, 1.54) is 7.11 Å². The summed E-state index contributed by atoms with van der Waals surface area (Å²) in [6.07, 6.45) is 1.54. The Morgan fingerprint density at radius 1 is 1.42 bits per heavy atom. The number of ether oxygens (including phenoxy) is 1. The fraction of sp³-hybridized carbons (Fsp3) is 0.562. The maximum absolute atomic E-state index is 11.8. The fourth-order valence-electron chi connectivity index (χ4n) is 2.83. The van der Waals surface area contributed by atoms with E-state index in [1.807, 2.05) is 6.92 Å². The normalized spacial score (nSPS) is 19.7. The summed E-state index contributed by atoms with van der Waals surface area (Å²) in [7, 11) is 3.15. The average Bonchev–Trinajstić information content (AvgIpc) is 2.97. The third kappa shape index (κ3) is 6.02. The van der Waals surface area contributed by atoms with Gasteiger partial charge in [-0.15, -0.1) is 24.0 Å². The Morgan fingerprint density at radius 3 is 2.77 bits per heavy atom. The van der Waals surface area contributed by atoms with Gasteiger partial charge < -0.3 is 20.3 Å². The quantitative estimate of drug-likeness (QED) is 0.206. The van der Waals surface area contributed by atoms with Gasteiger partial charge >= 0.3 is 5.97 Å². The second kappa shape index (κ2) is 11.0. The summed E-state index contributed by atoms with van der Waals surface area (Å²) in [5, 5.41) is 7.39. The Balaban J connectivity index is 0.00000338. The van der Waals surface area contributed by atoms with Crippen molar-refractivity contribution >= 4 is 64.9 Å². The van der Waals surface area contributed by atoms with Crippen LogP contribution in [0.15, 0.2) is 17.3 Å². The van der Waals surface area contributed by atoms with Crippen LogP contribution in [0.2, 0.25) is 10.0 Å². The summed E-state index contributed by atoms with van der Waals surface area (Å²) in [4.78, 5) is 22.3. The van der Waals surface area contributed by atoms with E-state index < -0.39 is 0 Å². The van der Waals surface area contributed by atoms with Crippen LogP contribution in [0.25, 0.3) is 0 Å². The zero-order chi connectivity index (χ0) is 18.4. The molecule has 2 heterocycles. The van der Waals surface area contributed by atoms with E-state index in [1.54, 1.807) is 19.3 Å². The predicted octanol–water partition coefficient (Wildman–Crippen LogP) is 2.73. The molecular weight excluding hydrogens is 492 g/mol.